The number of rotatable bonds is 7. The fraction of sp³-hybridized carbons (Fsp3) is 0.259. The second kappa shape index (κ2) is 10.4. The van der Waals surface area contributed by atoms with Crippen LogP contribution in [0.1, 0.15) is 17.5 Å². The van der Waals surface area contributed by atoms with Crippen molar-refractivity contribution in [2.45, 2.75) is 19.0 Å². The second-order valence-electron chi connectivity index (χ2n) is 9.34. The Morgan fingerprint density at radius 2 is 2.14 bits per heavy atom. The zero-order valence-corrected chi connectivity index (χ0v) is 21.3. The summed E-state index contributed by atoms with van der Waals surface area (Å²) in [6, 6.07) is 12.6. The van der Waals surface area contributed by atoms with Crippen molar-refractivity contribution < 1.29 is 14.2 Å². The zero-order valence-electron chi connectivity index (χ0n) is 20.6. The highest BCUT2D eigenvalue weighted by Gasteiger charge is 2.22. The fourth-order valence-corrected chi connectivity index (χ4v) is 4.68. The first-order valence-electron chi connectivity index (χ1n) is 11.9. The molecule has 0 amide bonds. The molecular formula is C27H28ClFN6O2. The van der Waals surface area contributed by atoms with Crippen molar-refractivity contribution in [1.82, 2.24) is 14.5 Å². The Hall–Kier alpha value is -3.66. The topological polar surface area (TPSA) is 100 Å². The number of nitrogens with zero attached hydrogens (tertiary/aromatic N) is 4. The first kappa shape index (κ1) is 25.0. The van der Waals surface area contributed by atoms with E-state index in [4.69, 9.17) is 22.1 Å². The van der Waals surface area contributed by atoms with Crippen LogP contribution < -0.4 is 11.1 Å². The third-order valence-electron chi connectivity index (χ3n) is 6.26. The molecule has 4 N–H and O–H groups in total. The Balaban J connectivity index is 1.63. The predicted molar refractivity (Wildman–Crippen MR) is 144 cm³/mol. The van der Waals surface area contributed by atoms with Crippen molar-refractivity contribution in [2.75, 3.05) is 32.6 Å². The number of ether oxygens (including phenoxy) is 1. The quantitative estimate of drug-likeness (QED) is 0.238. The smallest absolute Gasteiger partial charge is 0.167 e. The molecule has 1 aliphatic heterocycles. The highest BCUT2D eigenvalue weighted by atomic mass is 35.5. The van der Waals surface area contributed by atoms with E-state index in [2.05, 4.69) is 38.5 Å². The minimum absolute atomic E-state index is 0.0806. The van der Waals surface area contributed by atoms with Gasteiger partial charge in [0, 0.05) is 37.0 Å². The Morgan fingerprint density at radius 3 is 2.89 bits per heavy atom. The number of nitrogens with one attached hydrogen (secondary N) is 1. The van der Waals surface area contributed by atoms with Crippen LogP contribution in [0.3, 0.4) is 0 Å². The maximum Gasteiger partial charge on any atom is 0.167 e. The lowest BCUT2D eigenvalue weighted by Gasteiger charge is -2.17. The van der Waals surface area contributed by atoms with Crippen molar-refractivity contribution in [3.8, 4) is 16.9 Å². The van der Waals surface area contributed by atoms with Gasteiger partial charge in [0.25, 0.3) is 0 Å². The molecule has 4 aromatic rings. The fourth-order valence-electron chi connectivity index (χ4n) is 4.48. The lowest BCUT2D eigenvalue weighted by molar-refractivity contribution is 0.195. The van der Waals surface area contributed by atoms with Gasteiger partial charge in [0.1, 0.15) is 5.84 Å². The van der Waals surface area contributed by atoms with Gasteiger partial charge in [-0.3, -0.25) is 0 Å². The summed E-state index contributed by atoms with van der Waals surface area (Å²) in [6.45, 7) is 2.04. The van der Waals surface area contributed by atoms with E-state index in [1.54, 1.807) is 6.20 Å². The van der Waals surface area contributed by atoms with Crippen LogP contribution in [0.15, 0.2) is 59.9 Å². The summed E-state index contributed by atoms with van der Waals surface area (Å²) in [4.78, 5) is 6.50. The van der Waals surface area contributed by atoms with E-state index in [0.29, 0.717) is 18.8 Å². The van der Waals surface area contributed by atoms with E-state index in [1.165, 1.54) is 5.56 Å². The predicted octanol–water partition coefficient (Wildman–Crippen LogP) is 4.80. The minimum atomic E-state index is -0.835. The number of benzene rings is 2. The lowest BCUT2D eigenvalue weighted by atomic mass is 10.0. The Bertz CT molecular complexity index is 1480. The van der Waals surface area contributed by atoms with Gasteiger partial charge in [0.05, 0.1) is 46.3 Å². The monoisotopic (exact) mass is 522 g/mol. The van der Waals surface area contributed by atoms with Crippen LogP contribution in [0.2, 0.25) is 5.02 Å². The molecule has 0 spiro atoms. The van der Waals surface area contributed by atoms with Crippen LogP contribution in [0, 0.1) is 5.82 Å². The molecule has 8 nitrogen and oxygen atoms in total. The number of phenols is 1. The average Bonchev–Trinajstić information content (AvgIpc) is 3.53. The summed E-state index contributed by atoms with van der Waals surface area (Å²) in [6.07, 6.45) is 4.47. The van der Waals surface area contributed by atoms with Crippen LogP contribution in [0.5, 0.6) is 5.75 Å². The highest BCUT2D eigenvalue weighted by Crippen LogP contribution is 2.34. The van der Waals surface area contributed by atoms with E-state index >= 15 is 0 Å². The molecule has 37 heavy (non-hydrogen) atoms. The minimum Gasteiger partial charge on any atom is -0.505 e. The number of hydrogen-bond donors (Lipinski definition) is 3. The van der Waals surface area contributed by atoms with Gasteiger partial charge >= 0.3 is 0 Å². The van der Waals surface area contributed by atoms with Gasteiger partial charge < -0.3 is 25.8 Å². The van der Waals surface area contributed by atoms with E-state index in [1.807, 2.05) is 36.9 Å². The first-order valence-corrected chi connectivity index (χ1v) is 12.3. The summed E-state index contributed by atoms with van der Waals surface area (Å²) >= 11 is 6.18. The first-order chi connectivity index (χ1) is 17.8. The Labute approximate surface area is 219 Å². The van der Waals surface area contributed by atoms with Gasteiger partial charge in [-0.1, -0.05) is 35.9 Å². The number of nitrogens with two attached hydrogens (primary N) is 1. The lowest BCUT2D eigenvalue weighted by Crippen LogP contribution is -2.24. The molecule has 0 aliphatic carbocycles. The number of halogens is 2. The normalized spacial score (nSPS) is 16.1. The number of phenolic OH excluding ortho intramolecular Hbond substituents is 1. The number of hydrogen-bond acceptors (Lipinski definition) is 6. The van der Waals surface area contributed by atoms with Crippen LogP contribution >= 0.6 is 11.6 Å². The summed E-state index contributed by atoms with van der Waals surface area (Å²) in [5.41, 5.74) is 12.0. The molecule has 2 aromatic heterocycles. The number of amidine groups is 1. The number of aliphatic imine (C=N–C) groups is 1. The molecule has 192 valence electrons. The van der Waals surface area contributed by atoms with E-state index in [0.717, 1.165) is 47.4 Å². The molecule has 0 unspecified atom stereocenters. The molecule has 1 atom stereocenters. The third-order valence-corrected chi connectivity index (χ3v) is 6.57. The van der Waals surface area contributed by atoms with Crippen LogP contribution in [-0.2, 0) is 11.3 Å². The highest BCUT2D eigenvalue weighted by molar-refractivity contribution is 6.33. The number of fused-ring (bicyclic) bond motifs is 1. The van der Waals surface area contributed by atoms with Gasteiger partial charge in [0.15, 0.2) is 11.6 Å². The molecule has 5 rings (SSSR count). The zero-order chi connectivity index (χ0) is 26.1. The van der Waals surface area contributed by atoms with Gasteiger partial charge in [-0.15, -0.1) is 0 Å². The molecule has 2 aromatic carbocycles. The molecule has 1 saturated heterocycles. The third kappa shape index (κ3) is 5.24. The SMILES string of the molecule is CN(C)Cc1ccccc1-c1cc2c(N[C@H]3CCOC3)c(C(N)=Nc3cc(F)c(O)cc3Cl)cnn2c1. The standard InChI is InChI=1S/C27H28ClFN6O2/c1-34(2)13-16-5-3-4-6-19(16)17-9-24-26(32-18-7-8-37-15-18)20(12-31-35(24)14-17)27(30)33-23-11-22(29)25(36)10-21(23)28/h3-6,9-12,14,18,32,36H,7-8,13,15H2,1-2H3,(H2,30,33)/t18-/m0/s1. The van der Waals surface area contributed by atoms with Crippen LogP contribution in [0.25, 0.3) is 16.6 Å². The Kier molecular flexibility index (Phi) is 7.01. The molecule has 1 fully saturated rings. The average molecular weight is 523 g/mol. The molecule has 0 saturated carbocycles. The van der Waals surface area contributed by atoms with Gasteiger partial charge in [0.2, 0.25) is 0 Å². The van der Waals surface area contributed by atoms with Gasteiger partial charge in [-0.2, -0.15) is 5.10 Å². The molecule has 1 aliphatic rings. The van der Waals surface area contributed by atoms with E-state index in [9.17, 15) is 9.50 Å². The van der Waals surface area contributed by atoms with Crippen molar-refractivity contribution in [1.29, 1.82) is 0 Å². The van der Waals surface area contributed by atoms with E-state index in [-0.39, 0.29) is 22.6 Å². The van der Waals surface area contributed by atoms with Gasteiger partial charge in [-0.25, -0.2) is 13.9 Å². The van der Waals surface area contributed by atoms with Crippen LogP contribution in [-0.4, -0.2) is 58.8 Å². The Morgan fingerprint density at radius 1 is 1.32 bits per heavy atom. The molecule has 0 bridgehead atoms. The van der Waals surface area contributed by atoms with E-state index < -0.39 is 11.6 Å². The summed E-state index contributed by atoms with van der Waals surface area (Å²) < 4.78 is 21.4. The van der Waals surface area contributed by atoms with Crippen molar-refractivity contribution in [3.63, 3.8) is 0 Å². The summed E-state index contributed by atoms with van der Waals surface area (Å²) in [7, 11) is 4.09. The van der Waals surface area contributed by atoms with Crippen molar-refractivity contribution in [2.24, 2.45) is 10.7 Å². The molecule has 0 radical (unpaired) electrons. The summed E-state index contributed by atoms with van der Waals surface area (Å²) in [5, 5.41) is 17.8. The largest absolute Gasteiger partial charge is 0.505 e. The number of anilines is 1. The molecule has 3 heterocycles. The van der Waals surface area contributed by atoms with Crippen LogP contribution in [0.4, 0.5) is 15.8 Å². The molecular weight excluding hydrogens is 495 g/mol. The van der Waals surface area contributed by atoms with Crippen molar-refractivity contribution in [3.05, 3.63) is 76.8 Å². The summed E-state index contributed by atoms with van der Waals surface area (Å²) in [5.74, 6) is -1.28. The number of aromatic nitrogens is 2. The van der Waals surface area contributed by atoms with Gasteiger partial charge in [-0.05, 0) is 37.7 Å². The maximum absolute atomic E-state index is 14.0. The second-order valence-corrected chi connectivity index (χ2v) is 9.75. The van der Waals surface area contributed by atoms with Crippen molar-refractivity contribution >= 4 is 34.3 Å². The molecule has 10 heteroatoms. The maximum atomic E-state index is 14.0. The number of aromatic hydroxyl groups is 1.